The molecule has 0 aliphatic carbocycles. The lowest BCUT2D eigenvalue weighted by Crippen LogP contribution is -2.38. The molecule has 0 saturated heterocycles. The van der Waals surface area contributed by atoms with Gasteiger partial charge in [0.2, 0.25) is 0 Å². The summed E-state index contributed by atoms with van der Waals surface area (Å²) in [5.74, 6) is -2.27. The van der Waals surface area contributed by atoms with Gasteiger partial charge in [-0.25, -0.2) is 17.2 Å². The van der Waals surface area contributed by atoms with Crippen LogP contribution >= 0.6 is 11.6 Å². The van der Waals surface area contributed by atoms with E-state index in [2.05, 4.69) is 4.74 Å². The molecule has 0 bridgehead atoms. The number of fused-ring (bicyclic) bond motifs is 1. The van der Waals surface area contributed by atoms with Gasteiger partial charge < -0.3 is 9.47 Å². The van der Waals surface area contributed by atoms with Crippen molar-refractivity contribution in [1.29, 1.82) is 0 Å². The third-order valence-corrected chi connectivity index (χ3v) is 7.09. The normalized spacial score (nSPS) is 13.8. The molecule has 1 aliphatic heterocycles. The molecule has 0 amide bonds. The quantitative estimate of drug-likeness (QED) is 0.301. The number of hydrogen-bond acceptors (Lipinski definition) is 4. The molecule has 5 nitrogen and oxygen atoms in total. The van der Waals surface area contributed by atoms with E-state index in [4.69, 9.17) is 16.3 Å². The second kappa shape index (κ2) is 9.55. The first-order valence-corrected chi connectivity index (χ1v) is 11.6. The Morgan fingerprint density at radius 2 is 1.82 bits per heavy atom. The number of rotatable bonds is 6. The lowest BCUT2D eigenvalue weighted by atomic mass is 10.1. The fraction of sp³-hybridized carbons (Fsp3) is 0.130. The summed E-state index contributed by atoms with van der Waals surface area (Å²) < 4.78 is 90.2. The van der Waals surface area contributed by atoms with Gasteiger partial charge in [-0.2, -0.15) is 8.78 Å². The first kappa shape index (κ1) is 23.9. The summed E-state index contributed by atoms with van der Waals surface area (Å²) in [6.07, 6.45) is 3.01. The summed E-state index contributed by atoms with van der Waals surface area (Å²) in [6, 6.07) is 11.4. The standard InChI is InChI=1S/C23H16ClF4NO4S/c24-17-2-1-3-18(25)16(17)7-4-14-5-9-21-20(12-14)29(10-11-32-21)34(30,31)15-6-8-19(26)22(13-15)33-23(27)28/h1-9,12-13,23H,10-11H2/b7-4+. The van der Waals surface area contributed by atoms with Crippen molar-refractivity contribution in [1.82, 2.24) is 0 Å². The molecule has 4 rings (SSSR count). The van der Waals surface area contributed by atoms with Crippen molar-refractivity contribution in [2.45, 2.75) is 11.5 Å². The molecule has 178 valence electrons. The molecule has 0 radical (unpaired) electrons. The fourth-order valence-electron chi connectivity index (χ4n) is 3.37. The largest absolute Gasteiger partial charge is 0.489 e. The minimum Gasteiger partial charge on any atom is -0.489 e. The van der Waals surface area contributed by atoms with Gasteiger partial charge in [-0.05, 0) is 48.0 Å². The van der Waals surface area contributed by atoms with Crippen LogP contribution in [0.5, 0.6) is 11.5 Å². The molecule has 11 heteroatoms. The molecule has 0 N–H and O–H groups in total. The Kier molecular flexibility index (Phi) is 6.72. The van der Waals surface area contributed by atoms with Crippen molar-refractivity contribution in [3.63, 3.8) is 0 Å². The van der Waals surface area contributed by atoms with Gasteiger partial charge in [-0.15, -0.1) is 0 Å². The van der Waals surface area contributed by atoms with Gasteiger partial charge in [-0.1, -0.05) is 29.8 Å². The van der Waals surface area contributed by atoms with Crippen LogP contribution < -0.4 is 13.8 Å². The zero-order valence-corrected chi connectivity index (χ0v) is 18.8. The number of ether oxygens (including phenoxy) is 2. The Balaban J connectivity index is 1.71. The Labute approximate surface area is 197 Å². The molecule has 0 spiro atoms. The van der Waals surface area contributed by atoms with Gasteiger partial charge in [-0.3, -0.25) is 4.31 Å². The number of hydrogen-bond donors (Lipinski definition) is 0. The van der Waals surface area contributed by atoms with E-state index in [9.17, 15) is 26.0 Å². The Morgan fingerprint density at radius 3 is 2.56 bits per heavy atom. The summed E-state index contributed by atoms with van der Waals surface area (Å²) in [7, 11) is -4.29. The zero-order valence-electron chi connectivity index (χ0n) is 17.2. The third kappa shape index (κ3) is 4.83. The molecule has 0 atom stereocenters. The van der Waals surface area contributed by atoms with Crippen LogP contribution in [-0.4, -0.2) is 28.2 Å². The van der Waals surface area contributed by atoms with Crippen LogP contribution in [0.2, 0.25) is 5.02 Å². The van der Waals surface area contributed by atoms with Crippen molar-refractivity contribution < 1.29 is 35.5 Å². The summed E-state index contributed by atoms with van der Waals surface area (Å²) >= 11 is 6.03. The highest BCUT2D eigenvalue weighted by atomic mass is 35.5. The first-order chi connectivity index (χ1) is 16.2. The monoisotopic (exact) mass is 513 g/mol. The highest BCUT2D eigenvalue weighted by Crippen LogP contribution is 2.37. The van der Waals surface area contributed by atoms with E-state index in [0.29, 0.717) is 11.6 Å². The van der Waals surface area contributed by atoms with Crippen LogP contribution in [0.25, 0.3) is 12.2 Å². The molecule has 3 aromatic carbocycles. The molecule has 0 aromatic heterocycles. The Bertz CT molecular complexity index is 1340. The number of anilines is 1. The number of alkyl halides is 2. The number of nitrogens with zero attached hydrogens (tertiary/aromatic N) is 1. The second-order valence-electron chi connectivity index (χ2n) is 7.09. The lowest BCUT2D eigenvalue weighted by Gasteiger charge is -2.30. The first-order valence-electron chi connectivity index (χ1n) is 9.83. The molecular weight excluding hydrogens is 498 g/mol. The van der Waals surface area contributed by atoms with E-state index in [1.165, 1.54) is 30.3 Å². The van der Waals surface area contributed by atoms with E-state index in [1.54, 1.807) is 18.2 Å². The summed E-state index contributed by atoms with van der Waals surface area (Å²) in [4.78, 5) is -0.434. The maximum absolute atomic E-state index is 14.0. The highest BCUT2D eigenvalue weighted by Gasteiger charge is 2.31. The van der Waals surface area contributed by atoms with Gasteiger partial charge in [0.25, 0.3) is 10.0 Å². The van der Waals surface area contributed by atoms with E-state index < -0.39 is 38.9 Å². The Morgan fingerprint density at radius 1 is 1.03 bits per heavy atom. The fourth-order valence-corrected chi connectivity index (χ4v) is 5.06. The third-order valence-electron chi connectivity index (χ3n) is 4.95. The number of sulfonamides is 1. The average molecular weight is 514 g/mol. The van der Waals surface area contributed by atoms with Gasteiger partial charge in [0.05, 0.1) is 22.2 Å². The smallest absolute Gasteiger partial charge is 0.387 e. The molecule has 34 heavy (non-hydrogen) atoms. The Hall–Kier alpha value is -3.24. The van der Waals surface area contributed by atoms with Gasteiger partial charge in [0, 0.05) is 11.6 Å². The zero-order chi connectivity index (χ0) is 24.5. The SMILES string of the molecule is O=S(=O)(c1ccc(F)c(OC(F)F)c1)N1CCOc2ccc(/C=C/c3c(F)cccc3Cl)cc21. The summed E-state index contributed by atoms with van der Waals surface area (Å²) in [5.41, 5.74) is 0.860. The van der Waals surface area contributed by atoms with Crippen LogP contribution in [0.1, 0.15) is 11.1 Å². The van der Waals surface area contributed by atoms with E-state index in [-0.39, 0.29) is 35.2 Å². The minimum atomic E-state index is -4.29. The average Bonchev–Trinajstić information content (AvgIpc) is 2.79. The van der Waals surface area contributed by atoms with Crippen molar-refractivity contribution >= 4 is 39.5 Å². The topological polar surface area (TPSA) is 55.8 Å². The highest BCUT2D eigenvalue weighted by molar-refractivity contribution is 7.92. The lowest BCUT2D eigenvalue weighted by molar-refractivity contribution is -0.0523. The second-order valence-corrected chi connectivity index (χ2v) is 9.36. The maximum atomic E-state index is 14.0. The molecule has 1 heterocycles. The molecule has 0 fully saturated rings. The van der Waals surface area contributed by atoms with Crippen LogP contribution in [0.15, 0.2) is 59.5 Å². The van der Waals surface area contributed by atoms with E-state index >= 15 is 0 Å². The predicted octanol–water partition coefficient (Wildman–Crippen LogP) is 5.98. The number of halogens is 5. The maximum Gasteiger partial charge on any atom is 0.387 e. The van der Waals surface area contributed by atoms with Gasteiger partial charge >= 0.3 is 6.61 Å². The van der Waals surface area contributed by atoms with Gasteiger partial charge in [0.1, 0.15) is 18.2 Å². The van der Waals surface area contributed by atoms with Crippen molar-refractivity contribution in [2.75, 3.05) is 17.5 Å². The van der Waals surface area contributed by atoms with Crippen LogP contribution in [0, 0.1) is 11.6 Å². The van der Waals surface area contributed by atoms with Crippen LogP contribution in [-0.2, 0) is 10.0 Å². The minimum absolute atomic E-state index is 0.0356. The summed E-state index contributed by atoms with van der Waals surface area (Å²) in [6.45, 7) is -3.37. The molecule has 0 saturated carbocycles. The number of benzene rings is 3. The van der Waals surface area contributed by atoms with Crippen molar-refractivity contribution in [3.05, 3.63) is 82.4 Å². The summed E-state index contributed by atoms with van der Waals surface area (Å²) in [5, 5.41) is 0.208. The molecule has 3 aromatic rings. The molecule has 1 aliphatic rings. The van der Waals surface area contributed by atoms with Gasteiger partial charge in [0.15, 0.2) is 11.6 Å². The molecule has 0 unspecified atom stereocenters. The van der Waals surface area contributed by atoms with E-state index in [1.807, 2.05) is 0 Å². The predicted molar refractivity (Wildman–Crippen MR) is 120 cm³/mol. The van der Waals surface area contributed by atoms with Crippen LogP contribution in [0.4, 0.5) is 23.2 Å². The molecular formula is C23H16ClF4NO4S. The van der Waals surface area contributed by atoms with E-state index in [0.717, 1.165) is 16.4 Å². The van der Waals surface area contributed by atoms with Crippen LogP contribution in [0.3, 0.4) is 0 Å². The van der Waals surface area contributed by atoms with Crippen molar-refractivity contribution in [3.8, 4) is 11.5 Å². The van der Waals surface area contributed by atoms with Crippen molar-refractivity contribution in [2.24, 2.45) is 0 Å².